The van der Waals surface area contributed by atoms with Crippen molar-refractivity contribution in [2.24, 2.45) is 23.2 Å². The van der Waals surface area contributed by atoms with Crippen LogP contribution < -0.4 is 4.74 Å². The Balaban J connectivity index is 1.15. The largest absolute Gasteiger partial charge is 0.468 e. The SMILES string of the molecule is COCOc1ccc2c(c1)C[C@@H](CCCCOCCOCCOCCOCC(=O)OC(C)(C)C)[C@@H]1[C@@H]2CC[C@]2(C)[C@@H](OCOC)CC[C@@H]12. The molecule has 0 unspecified atom stereocenters. The van der Waals surface area contributed by atoms with Gasteiger partial charge in [-0.25, -0.2) is 4.79 Å². The molecule has 4 rings (SSSR count). The van der Waals surface area contributed by atoms with Crippen LogP contribution >= 0.6 is 0 Å². The fraction of sp³-hybridized carbons (Fsp3) is 0.816. The number of methoxy groups -OCH3 is 2. The van der Waals surface area contributed by atoms with Gasteiger partial charge in [0.15, 0.2) is 6.79 Å². The van der Waals surface area contributed by atoms with E-state index in [2.05, 4.69) is 25.1 Å². The first-order valence-corrected chi connectivity index (χ1v) is 18.0. The van der Waals surface area contributed by atoms with Crippen molar-refractivity contribution < 1.29 is 47.4 Å². The smallest absolute Gasteiger partial charge is 0.332 e. The Hall–Kier alpha value is -1.79. The van der Waals surface area contributed by atoms with E-state index in [1.165, 1.54) is 36.8 Å². The Morgan fingerprint density at radius 3 is 2.23 bits per heavy atom. The van der Waals surface area contributed by atoms with Crippen LogP contribution in [0.3, 0.4) is 0 Å². The Kier molecular flexibility index (Phi) is 15.9. The molecule has 1 aromatic carbocycles. The summed E-state index contributed by atoms with van der Waals surface area (Å²) in [5, 5.41) is 0. The molecule has 1 aromatic rings. The Labute approximate surface area is 288 Å². The summed E-state index contributed by atoms with van der Waals surface area (Å²) in [4.78, 5) is 11.6. The molecule has 0 amide bonds. The molecule has 0 heterocycles. The van der Waals surface area contributed by atoms with Gasteiger partial charge in [-0.3, -0.25) is 0 Å². The number of benzene rings is 1. The Morgan fingerprint density at radius 2 is 1.54 bits per heavy atom. The molecule has 274 valence electrons. The predicted octanol–water partition coefficient (Wildman–Crippen LogP) is 6.32. The van der Waals surface area contributed by atoms with Gasteiger partial charge < -0.3 is 42.6 Å². The lowest BCUT2D eigenvalue weighted by molar-refractivity contribution is -0.160. The van der Waals surface area contributed by atoms with Crippen molar-refractivity contribution in [3.05, 3.63) is 29.3 Å². The van der Waals surface area contributed by atoms with E-state index >= 15 is 0 Å². The van der Waals surface area contributed by atoms with Crippen molar-refractivity contribution in [2.75, 3.05) is 80.7 Å². The van der Waals surface area contributed by atoms with Crippen LogP contribution in [0.2, 0.25) is 0 Å². The summed E-state index contributed by atoms with van der Waals surface area (Å²) in [6.07, 6.45) is 9.57. The van der Waals surface area contributed by atoms with Crippen molar-refractivity contribution in [1.29, 1.82) is 0 Å². The van der Waals surface area contributed by atoms with Crippen LogP contribution in [0.15, 0.2) is 18.2 Å². The lowest BCUT2D eigenvalue weighted by atomic mass is 9.52. The van der Waals surface area contributed by atoms with Gasteiger partial charge in [0.1, 0.15) is 24.8 Å². The van der Waals surface area contributed by atoms with Crippen molar-refractivity contribution in [2.45, 2.75) is 96.7 Å². The zero-order valence-electron chi connectivity index (χ0n) is 30.4. The van der Waals surface area contributed by atoms with Gasteiger partial charge in [0.2, 0.25) is 0 Å². The lowest BCUT2D eigenvalue weighted by Crippen LogP contribution is -2.47. The topological polar surface area (TPSA) is 100 Å². The van der Waals surface area contributed by atoms with Gasteiger partial charge in [-0.05, 0) is 118 Å². The molecule has 10 nitrogen and oxygen atoms in total. The van der Waals surface area contributed by atoms with Crippen LogP contribution in [0.1, 0.15) is 89.7 Å². The zero-order chi connectivity index (χ0) is 34.4. The quantitative estimate of drug-likeness (QED) is 0.0787. The average Bonchev–Trinajstić information content (AvgIpc) is 3.39. The number of esters is 1. The first-order valence-electron chi connectivity index (χ1n) is 18.0. The van der Waals surface area contributed by atoms with Gasteiger partial charge in [-0.1, -0.05) is 19.4 Å². The molecule has 0 aliphatic heterocycles. The third-order valence-electron chi connectivity index (χ3n) is 10.4. The molecule has 2 saturated carbocycles. The van der Waals surface area contributed by atoms with Crippen molar-refractivity contribution in [3.63, 3.8) is 0 Å². The van der Waals surface area contributed by atoms with Crippen LogP contribution in [-0.2, 0) is 49.1 Å². The Bertz CT molecular complexity index is 1090. The van der Waals surface area contributed by atoms with Gasteiger partial charge in [-0.15, -0.1) is 0 Å². The van der Waals surface area contributed by atoms with Crippen LogP contribution in [0, 0.1) is 23.2 Å². The van der Waals surface area contributed by atoms with Gasteiger partial charge in [-0.2, -0.15) is 0 Å². The first kappa shape index (κ1) is 39.0. The van der Waals surface area contributed by atoms with E-state index in [-0.39, 0.29) is 30.9 Å². The standard InChI is InChI=1S/C38H62O10/c1-37(2,3)48-35(39)25-45-22-21-44-20-19-43-18-17-42-16-8-7-9-28-23-29-24-30(46-26-40-5)10-11-31(29)32-14-15-38(4)33(36(28)32)12-13-34(38)47-27-41-6/h10-11,24,28,32-34,36H,7-9,12-23,25-27H2,1-6H3/t28-,32-,33+,34+,36-,38+/m1/s1. The minimum absolute atomic E-state index is 0.0686. The maximum atomic E-state index is 11.6. The summed E-state index contributed by atoms with van der Waals surface area (Å²) in [5.41, 5.74) is 2.69. The highest BCUT2D eigenvalue weighted by Gasteiger charge is 2.57. The molecule has 3 aliphatic rings. The average molecular weight is 679 g/mol. The highest BCUT2D eigenvalue weighted by Crippen LogP contribution is 2.63. The molecule has 3 aliphatic carbocycles. The second-order valence-corrected chi connectivity index (χ2v) is 14.8. The minimum Gasteiger partial charge on any atom is -0.468 e. The highest BCUT2D eigenvalue weighted by atomic mass is 16.7. The van der Waals surface area contributed by atoms with Gasteiger partial charge in [0.25, 0.3) is 0 Å². The first-order chi connectivity index (χ1) is 23.2. The molecule has 0 bridgehead atoms. The molecule has 10 heteroatoms. The van der Waals surface area contributed by atoms with Gasteiger partial charge >= 0.3 is 5.97 Å². The number of hydrogen-bond donors (Lipinski definition) is 0. The molecule has 0 aromatic heterocycles. The number of rotatable bonds is 22. The van der Waals surface area contributed by atoms with E-state index < -0.39 is 5.60 Å². The molecular weight excluding hydrogens is 616 g/mol. The summed E-state index contributed by atoms with van der Waals surface area (Å²) in [5.74, 6) is 3.10. The number of hydrogen-bond acceptors (Lipinski definition) is 10. The van der Waals surface area contributed by atoms with Crippen molar-refractivity contribution in [1.82, 2.24) is 0 Å². The monoisotopic (exact) mass is 678 g/mol. The molecular formula is C38H62O10. The number of carbonyl (C=O) groups excluding carboxylic acids is 1. The van der Waals surface area contributed by atoms with E-state index in [1.807, 2.05) is 20.8 Å². The second-order valence-electron chi connectivity index (χ2n) is 14.8. The normalized spacial score (nSPS) is 26.5. The van der Waals surface area contributed by atoms with Crippen LogP contribution in [0.25, 0.3) is 0 Å². The maximum Gasteiger partial charge on any atom is 0.332 e. The molecule has 6 atom stereocenters. The molecule has 2 fully saturated rings. The number of fused-ring (bicyclic) bond motifs is 5. The van der Waals surface area contributed by atoms with Crippen molar-refractivity contribution in [3.8, 4) is 5.75 Å². The summed E-state index contributed by atoms with van der Waals surface area (Å²) in [6, 6.07) is 6.72. The van der Waals surface area contributed by atoms with Gasteiger partial charge in [0.05, 0.1) is 45.7 Å². The van der Waals surface area contributed by atoms with Crippen LogP contribution in [0.5, 0.6) is 5.75 Å². The van der Waals surface area contributed by atoms with E-state index in [1.54, 1.807) is 14.2 Å². The molecule has 0 N–H and O–H groups in total. The van der Waals surface area contributed by atoms with E-state index in [4.69, 9.17) is 42.6 Å². The zero-order valence-corrected chi connectivity index (χ0v) is 30.4. The molecule has 48 heavy (non-hydrogen) atoms. The van der Waals surface area contributed by atoms with E-state index in [0.717, 1.165) is 38.0 Å². The summed E-state index contributed by atoms with van der Waals surface area (Å²) >= 11 is 0. The number of carbonyl (C=O) groups is 1. The third kappa shape index (κ3) is 11.4. The van der Waals surface area contributed by atoms with Crippen molar-refractivity contribution >= 4 is 5.97 Å². The van der Waals surface area contributed by atoms with Crippen LogP contribution in [-0.4, -0.2) is 98.3 Å². The molecule has 0 spiro atoms. The fourth-order valence-corrected chi connectivity index (χ4v) is 8.44. The highest BCUT2D eigenvalue weighted by molar-refractivity contribution is 5.71. The predicted molar refractivity (Wildman–Crippen MR) is 182 cm³/mol. The van der Waals surface area contributed by atoms with E-state index in [9.17, 15) is 4.79 Å². The maximum absolute atomic E-state index is 11.6. The second kappa shape index (κ2) is 19.6. The lowest BCUT2D eigenvalue weighted by Gasteiger charge is -2.53. The summed E-state index contributed by atoms with van der Waals surface area (Å²) < 4.78 is 50.1. The Morgan fingerprint density at radius 1 is 0.854 bits per heavy atom. The third-order valence-corrected chi connectivity index (χ3v) is 10.4. The number of unbranched alkanes of at least 4 members (excludes halogenated alkanes) is 1. The summed E-state index contributed by atoms with van der Waals surface area (Å²) in [7, 11) is 3.38. The molecule has 0 saturated heterocycles. The van der Waals surface area contributed by atoms with E-state index in [0.29, 0.717) is 70.1 Å². The summed E-state index contributed by atoms with van der Waals surface area (Å²) in [6.45, 7) is 12.1. The minimum atomic E-state index is -0.505. The van der Waals surface area contributed by atoms with Gasteiger partial charge in [0, 0.05) is 20.8 Å². The number of ether oxygens (including phenoxy) is 9. The molecule has 0 radical (unpaired) electrons. The fourth-order valence-electron chi connectivity index (χ4n) is 8.44. The van der Waals surface area contributed by atoms with Crippen LogP contribution in [0.4, 0.5) is 0 Å².